The molecular formula is C21H19N3O6. The Bertz CT molecular complexity index is 1120. The summed E-state index contributed by atoms with van der Waals surface area (Å²) in [5.41, 5.74) is 0.493. The van der Waals surface area contributed by atoms with E-state index in [-0.39, 0.29) is 17.8 Å². The number of hydrogen-bond acceptors (Lipinski definition) is 6. The summed E-state index contributed by atoms with van der Waals surface area (Å²) in [5, 5.41) is 13.3. The van der Waals surface area contributed by atoms with Crippen LogP contribution in [0.3, 0.4) is 0 Å². The lowest BCUT2D eigenvalue weighted by Crippen LogP contribution is -2.29. The van der Waals surface area contributed by atoms with E-state index in [1.54, 1.807) is 30.5 Å². The number of nitrogens with one attached hydrogen (secondary N) is 1. The molecule has 3 aromatic rings. The number of aromatic nitrogens is 1. The van der Waals surface area contributed by atoms with E-state index in [0.29, 0.717) is 17.2 Å². The first kappa shape index (κ1) is 20.6. The number of pyridine rings is 1. The third kappa shape index (κ3) is 4.64. The summed E-state index contributed by atoms with van der Waals surface area (Å²) < 4.78 is 11.9. The smallest absolute Gasteiger partial charge is 0.269 e. The molecule has 1 aromatic heterocycles. The number of nitro groups is 1. The van der Waals surface area contributed by atoms with E-state index in [9.17, 15) is 19.7 Å². The average molecular weight is 409 g/mol. The van der Waals surface area contributed by atoms with Gasteiger partial charge in [0, 0.05) is 30.1 Å². The number of carbonyl (C=O) groups is 1. The van der Waals surface area contributed by atoms with Crippen molar-refractivity contribution in [3.05, 3.63) is 92.4 Å². The Hall–Kier alpha value is -4.14. The summed E-state index contributed by atoms with van der Waals surface area (Å²) in [6, 6.07) is 13.6. The van der Waals surface area contributed by atoms with Crippen LogP contribution in [0.25, 0.3) is 0 Å². The predicted octanol–water partition coefficient (Wildman–Crippen LogP) is 3.07. The minimum atomic E-state index is -0.605. The largest absolute Gasteiger partial charge is 0.497 e. The summed E-state index contributed by atoms with van der Waals surface area (Å²) in [5.74, 6) is 0.570. The van der Waals surface area contributed by atoms with E-state index < -0.39 is 16.4 Å². The van der Waals surface area contributed by atoms with E-state index in [1.165, 1.54) is 49.1 Å². The number of amides is 1. The van der Waals surface area contributed by atoms with Crippen molar-refractivity contribution < 1.29 is 19.2 Å². The van der Waals surface area contributed by atoms with E-state index in [0.717, 1.165) is 5.56 Å². The molecule has 0 fully saturated rings. The lowest BCUT2D eigenvalue weighted by molar-refractivity contribution is -0.384. The fraction of sp³-hybridized carbons (Fsp3) is 0.143. The maximum atomic E-state index is 12.8. The van der Waals surface area contributed by atoms with Crippen molar-refractivity contribution in [2.75, 3.05) is 19.5 Å². The predicted molar refractivity (Wildman–Crippen MR) is 110 cm³/mol. The lowest BCUT2D eigenvalue weighted by Gasteiger charge is -2.11. The van der Waals surface area contributed by atoms with E-state index in [4.69, 9.17) is 9.47 Å². The molecule has 0 spiro atoms. The van der Waals surface area contributed by atoms with Gasteiger partial charge >= 0.3 is 0 Å². The number of anilines is 1. The molecule has 0 radical (unpaired) electrons. The molecular weight excluding hydrogens is 390 g/mol. The molecule has 0 bridgehead atoms. The monoisotopic (exact) mass is 409 g/mol. The zero-order valence-corrected chi connectivity index (χ0v) is 16.3. The minimum Gasteiger partial charge on any atom is -0.497 e. The molecule has 0 atom stereocenters. The van der Waals surface area contributed by atoms with Gasteiger partial charge in [-0.2, -0.15) is 0 Å². The second-order valence-corrected chi connectivity index (χ2v) is 6.33. The third-order valence-corrected chi connectivity index (χ3v) is 4.36. The van der Waals surface area contributed by atoms with Crippen molar-refractivity contribution >= 4 is 17.3 Å². The Morgan fingerprint density at radius 3 is 2.27 bits per heavy atom. The van der Waals surface area contributed by atoms with Crippen LogP contribution in [-0.2, 0) is 6.54 Å². The molecule has 154 valence electrons. The molecule has 0 saturated carbocycles. The van der Waals surface area contributed by atoms with Gasteiger partial charge < -0.3 is 19.4 Å². The number of non-ortho nitro benzene ring substituents is 1. The van der Waals surface area contributed by atoms with Crippen LogP contribution in [0.5, 0.6) is 11.5 Å². The fourth-order valence-corrected chi connectivity index (χ4v) is 2.85. The molecule has 9 nitrogen and oxygen atoms in total. The maximum absolute atomic E-state index is 12.8. The number of nitrogens with zero attached hydrogens (tertiary/aromatic N) is 2. The van der Waals surface area contributed by atoms with Crippen LogP contribution in [0, 0.1) is 10.1 Å². The Morgan fingerprint density at radius 2 is 1.70 bits per heavy atom. The van der Waals surface area contributed by atoms with Crippen molar-refractivity contribution in [3.63, 3.8) is 0 Å². The summed E-state index contributed by atoms with van der Waals surface area (Å²) in [4.78, 5) is 35.6. The zero-order chi connectivity index (χ0) is 21.7. The van der Waals surface area contributed by atoms with Gasteiger partial charge in [0.1, 0.15) is 17.1 Å². The van der Waals surface area contributed by atoms with Crippen LogP contribution in [0.4, 0.5) is 11.4 Å². The molecule has 1 amide bonds. The second kappa shape index (κ2) is 8.91. The first-order valence-corrected chi connectivity index (χ1v) is 8.88. The number of ether oxygens (including phenoxy) is 2. The molecule has 30 heavy (non-hydrogen) atoms. The van der Waals surface area contributed by atoms with Gasteiger partial charge in [0.2, 0.25) is 0 Å². The van der Waals surface area contributed by atoms with Gasteiger partial charge in [-0.3, -0.25) is 19.7 Å². The Kier molecular flexibility index (Phi) is 6.11. The van der Waals surface area contributed by atoms with Gasteiger partial charge in [-0.25, -0.2) is 0 Å². The van der Waals surface area contributed by atoms with Crippen LogP contribution < -0.4 is 20.3 Å². The van der Waals surface area contributed by atoms with Gasteiger partial charge in [0.25, 0.3) is 17.2 Å². The molecule has 2 aromatic carbocycles. The van der Waals surface area contributed by atoms with Crippen molar-refractivity contribution in [2.24, 2.45) is 0 Å². The number of rotatable bonds is 7. The first-order chi connectivity index (χ1) is 14.4. The van der Waals surface area contributed by atoms with E-state index in [1.807, 2.05) is 0 Å². The fourth-order valence-electron chi connectivity index (χ4n) is 2.85. The molecule has 0 saturated heterocycles. The van der Waals surface area contributed by atoms with Gasteiger partial charge in [0.05, 0.1) is 25.7 Å². The molecule has 1 N–H and O–H groups in total. The lowest BCUT2D eigenvalue weighted by atomic mass is 10.2. The SMILES string of the molecule is COc1cc(Cn2cccc(C(=O)Nc3ccc([N+](=O)[O-])cc3)c2=O)cc(OC)c1. The number of carbonyl (C=O) groups excluding carboxylic acids is 1. The average Bonchev–Trinajstić information content (AvgIpc) is 2.75. The van der Waals surface area contributed by atoms with Crippen LogP contribution >= 0.6 is 0 Å². The van der Waals surface area contributed by atoms with Gasteiger partial charge in [-0.1, -0.05) is 0 Å². The molecule has 1 heterocycles. The highest BCUT2D eigenvalue weighted by Crippen LogP contribution is 2.23. The van der Waals surface area contributed by atoms with Crippen molar-refractivity contribution in [3.8, 4) is 11.5 Å². The van der Waals surface area contributed by atoms with Crippen molar-refractivity contribution in [1.29, 1.82) is 0 Å². The van der Waals surface area contributed by atoms with Gasteiger partial charge in [-0.15, -0.1) is 0 Å². The summed E-state index contributed by atoms with van der Waals surface area (Å²) >= 11 is 0. The number of hydrogen-bond donors (Lipinski definition) is 1. The third-order valence-electron chi connectivity index (χ3n) is 4.36. The zero-order valence-electron chi connectivity index (χ0n) is 16.3. The topological polar surface area (TPSA) is 113 Å². The van der Waals surface area contributed by atoms with Crippen LogP contribution in [-0.4, -0.2) is 29.6 Å². The molecule has 0 aliphatic rings. The number of benzene rings is 2. The van der Waals surface area contributed by atoms with Gasteiger partial charge in [0.15, 0.2) is 0 Å². The molecule has 3 rings (SSSR count). The Morgan fingerprint density at radius 1 is 1.07 bits per heavy atom. The van der Waals surface area contributed by atoms with Crippen molar-refractivity contribution in [2.45, 2.75) is 6.54 Å². The first-order valence-electron chi connectivity index (χ1n) is 8.88. The quantitative estimate of drug-likeness (QED) is 0.474. The highest BCUT2D eigenvalue weighted by Gasteiger charge is 2.14. The standard InChI is InChI=1S/C21H19N3O6/c1-29-17-10-14(11-18(12-17)30-2)13-23-9-3-4-19(21(23)26)20(25)22-15-5-7-16(8-6-15)24(27)28/h3-12H,13H2,1-2H3,(H,22,25). The van der Waals surface area contributed by atoms with E-state index in [2.05, 4.69) is 5.32 Å². The minimum absolute atomic E-state index is 0.0503. The number of nitro benzene ring substituents is 1. The highest BCUT2D eigenvalue weighted by atomic mass is 16.6. The van der Waals surface area contributed by atoms with Crippen LogP contribution in [0.2, 0.25) is 0 Å². The highest BCUT2D eigenvalue weighted by molar-refractivity contribution is 6.04. The molecule has 0 aliphatic carbocycles. The summed E-state index contributed by atoms with van der Waals surface area (Å²) in [7, 11) is 3.07. The summed E-state index contributed by atoms with van der Waals surface area (Å²) in [6.07, 6.45) is 1.58. The Balaban J connectivity index is 1.83. The molecule has 0 unspecified atom stereocenters. The normalized spacial score (nSPS) is 10.3. The Labute approximate surface area is 171 Å². The summed E-state index contributed by atoms with van der Waals surface area (Å²) in [6.45, 7) is 0.213. The molecule has 9 heteroatoms. The maximum Gasteiger partial charge on any atom is 0.269 e. The van der Waals surface area contributed by atoms with Crippen LogP contribution in [0.1, 0.15) is 15.9 Å². The molecule has 0 aliphatic heterocycles. The van der Waals surface area contributed by atoms with Crippen LogP contribution in [0.15, 0.2) is 65.6 Å². The van der Waals surface area contributed by atoms with Crippen molar-refractivity contribution in [1.82, 2.24) is 4.57 Å². The number of methoxy groups -OCH3 is 2. The van der Waals surface area contributed by atoms with E-state index >= 15 is 0 Å². The second-order valence-electron chi connectivity index (χ2n) is 6.33. The van der Waals surface area contributed by atoms with Gasteiger partial charge in [-0.05, 0) is 42.0 Å².